The van der Waals surface area contributed by atoms with Crippen molar-refractivity contribution < 1.29 is 9.90 Å². The van der Waals surface area contributed by atoms with Crippen LogP contribution in [0.4, 0.5) is 0 Å². The Morgan fingerprint density at radius 1 is 1.32 bits per heavy atom. The third kappa shape index (κ3) is 4.37. The second-order valence-corrected chi connectivity index (χ2v) is 5.88. The first kappa shape index (κ1) is 14.6. The Morgan fingerprint density at radius 2 is 2.11 bits per heavy atom. The van der Waals surface area contributed by atoms with Gasteiger partial charge in [0.1, 0.15) is 0 Å². The van der Waals surface area contributed by atoms with Crippen LogP contribution in [0.25, 0.3) is 0 Å². The van der Waals surface area contributed by atoms with Crippen molar-refractivity contribution in [3.05, 3.63) is 33.8 Å². The summed E-state index contributed by atoms with van der Waals surface area (Å²) in [5, 5.41) is 13.3. The Balaban J connectivity index is 1.79. The molecule has 0 heterocycles. The lowest BCUT2D eigenvalue weighted by Crippen LogP contribution is -2.29. The number of aliphatic hydroxyl groups is 1. The maximum Gasteiger partial charge on any atom is 0.224 e. The van der Waals surface area contributed by atoms with Crippen molar-refractivity contribution >= 4 is 29.1 Å². The van der Waals surface area contributed by atoms with E-state index in [-0.39, 0.29) is 12.0 Å². The van der Waals surface area contributed by atoms with Gasteiger partial charge in [-0.15, -0.1) is 0 Å². The summed E-state index contributed by atoms with van der Waals surface area (Å²) >= 11 is 11.7. The Labute approximate surface area is 122 Å². The number of carbonyl (C=O) groups is 1. The number of amides is 1. The molecule has 1 aliphatic rings. The van der Waals surface area contributed by atoms with Gasteiger partial charge in [-0.25, -0.2) is 0 Å². The van der Waals surface area contributed by atoms with Crippen molar-refractivity contribution in [3.63, 3.8) is 0 Å². The molecule has 0 radical (unpaired) electrons. The van der Waals surface area contributed by atoms with Crippen LogP contribution in [-0.2, 0) is 11.2 Å². The van der Waals surface area contributed by atoms with E-state index in [2.05, 4.69) is 5.32 Å². The van der Waals surface area contributed by atoms with Gasteiger partial charge in [-0.2, -0.15) is 0 Å². The van der Waals surface area contributed by atoms with Crippen LogP contribution in [0.1, 0.15) is 24.8 Å². The van der Waals surface area contributed by atoms with Gasteiger partial charge in [0.25, 0.3) is 0 Å². The summed E-state index contributed by atoms with van der Waals surface area (Å²) in [4.78, 5) is 11.8. The van der Waals surface area contributed by atoms with Gasteiger partial charge in [-0.1, -0.05) is 29.3 Å². The number of rotatable bonds is 4. The van der Waals surface area contributed by atoms with E-state index in [0.717, 1.165) is 24.8 Å². The molecule has 1 aromatic rings. The Bertz CT molecular complexity index is 465. The van der Waals surface area contributed by atoms with Gasteiger partial charge in [0.15, 0.2) is 0 Å². The summed E-state index contributed by atoms with van der Waals surface area (Å²) in [7, 11) is 0. The zero-order valence-electron chi connectivity index (χ0n) is 10.5. The average Bonchev–Trinajstić information content (AvgIpc) is 2.77. The quantitative estimate of drug-likeness (QED) is 0.898. The molecule has 1 aromatic carbocycles. The molecule has 2 atom stereocenters. The molecule has 1 aliphatic carbocycles. The van der Waals surface area contributed by atoms with E-state index in [9.17, 15) is 9.90 Å². The van der Waals surface area contributed by atoms with E-state index in [1.807, 2.05) is 0 Å². The number of hydrogen-bond acceptors (Lipinski definition) is 2. The van der Waals surface area contributed by atoms with Gasteiger partial charge in [-0.3, -0.25) is 4.79 Å². The third-order valence-corrected chi connectivity index (χ3v) is 4.19. The molecule has 1 amide bonds. The van der Waals surface area contributed by atoms with E-state index in [4.69, 9.17) is 23.2 Å². The summed E-state index contributed by atoms with van der Waals surface area (Å²) in [6, 6.07) is 5.20. The lowest BCUT2D eigenvalue weighted by Gasteiger charge is -2.11. The van der Waals surface area contributed by atoms with Crippen LogP contribution >= 0.6 is 23.2 Å². The molecule has 0 saturated heterocycles. The van der Waals surface area contributed by atoms with Crippen LogP contribution in [0.5, 0.6) is 0 Å². The Hall–Kier alpha value is -0.770. The van der Waals surface area contributed by atoms with Crippen LogP contribution in [-0.4, -0.2) is 23.7 Å². The molecule has 0 aromatic heterocycles. The minimum absolute atomic E-state index is 0.0280. The normalized spacial score (nSPS) is 22.5. The molecular formula is C14H17Cl2NO2. The molecule has 2 N–H and O–H groups in total. The second kappa shape index (κ2) is 6.60. The van der Waals surface area contributed by atoms with Crippen molar-refractivity contribution in [1.29, 1.82) is 0 Å². The molecule has 0 aliphatic heterocycles. The molecule has 2 rings (SSSR count). The standard InChI is InChI=1S/C14H17Cl2NO2/c15-12-4-2-9(6-13(12)16)7-14(19)17-8-10-1-3-11(18)5-10/h2,4,6,10-11,18H,1,3,5,7-8H2,(H,17,19). The van der Waals surface area contributed by atoms with E-state index >= 15 is 0 Å². The summed E-state index contributed by atoms with van der Waals surface area (Å²) in [5.41, 5.74) is 0.846. The van der Waals surface area contributed by atoms with Crippen LogP contribution in [0, 0.1) is 5.92 Å². The highest BCUT2D eigenvalue weighted by atomic mass is 35.5. The number of benzene rings is 1. The summed E-state index contributed by atoms with van der Waals surface area (Å²) in [5.74, 6) is 0.368. The molecule has 3 nitrogen and oxygen atoms in total. The van der Waals surface area contributed by atoms with E-state index in [1.165, 1.54) is 0 Å². The van der Waals surface area contributed by atoms with Crippen LogP contribution < -0.4 is 5.32 Å². The highest BCUT2D eigenvalue weighted by molar-refractivity contribution is 6.42. The molecule has 2 unspecified atom stereocenters. The summed E-state index contributed by atoms with van der Waals surface area (Å²) in [6.45, 7) is 0.636. The monoisotopic (exact) mass is 301 g/mol. The lowest BCUT2D eigenvalue weighted by atomic mass is 10.1. The van der Waals surface area contributed by atoms with Gasteiger partial charge in [0.2, 0.25) is 5.91 Å². The predicted octanol–water partition coefficient (Wildman–Crippen LogP) is 2.81. The third-order valence-electron chi connectivity index (χ3n) is 3.45. The zero-order chi connectivity index (χ0) is 13.8. The molecular weight excluding hydrogens is 285 g/mol. The SMILES string of the molecule is O=C(Cc1ccc(Cl)c(Cl)c1)NCC1CCC(O)C1. The summed E-state index contributed by atoms with van der Waals surface area (Å²) < 4.78 is 0. The molecule has 5 heteroatoms. The van der Waals surface area contributed by atoms with Crippen molar-refractivity contribution in [2.24, 2.45) is 5.92 Å². The zero-order valence-corrected chi connectivity index (χ0v) is 12.0. The number of nitrogens with one attached hydrogen (secondary N) is 1. The highest BCUT2D eigenvalue weighted by Crippen LogP contribution is 2.25. The average molecular weight is 302 g/mol. The maximum absolute atomic E-state index is 11.8. The minimum Gasteiger partial charge on any atom is -0.393 e. The predicted molar refractivity (Wildman–Crippen MR) is 76.5 cm³/mol. The number of aliphatic hydroxyl groups excluding tert-OH is 1. The molecule has 0 bridgehead atoms. The van der Waals surface area contributed by atoms with Crippen LogP contribution in [0.3, 0.4) is 0 Å². The van der Waals surface area contributed by atoms with Gasteiger partial charge < -0.3 is 10.4 Å². The molecule has 0 spiro atoms. The lowest BCUT2D eigenvalue weighted by molar-refractivity contribution is -0.120. The largest absolute Gasteiger partial charge is 0.393 e. The van der Waals surface area contributed by atoms with Gasteiger partial charge >= 0.3 is 0 Å². The topological polar surface area (TPSA) is 49.3 Å². The van der Waals surface area contributed by atoms with E-state index in [1.54, 1.807) is 18.2 Å². The van der Waals surface area contributed by atoms with Gasteiger partial charge in [0, 0.05) is 6.54 Å². The first-order valence-electron chi connectivity index (χ1n) is 6.43. The minimum atomic E-state index is -0.197. The van der Waals surface area contributed by atoms with Crippen molar-refractivity contribution in [1.82, 2.24) is 5.32 Å². The fourth-order valence-electron chi connectivity index (χ4n) is 2.39. The first-order chi connectivity index (χ1) is 9.04. The molecule has 1 saturated carbocycles. The van der Waals surface area contributed by atoms with Crippen molar-refractivity contribution in [2.45, 2.75) is 31.8 Å². The van der Waals surface area contributed by atoms with E-state index in [0.29, 0.717) is 28.9 Å². The van der Waals surface area contributed by atoms with Gasteiger partial charge in [0.05, 0.1) is 22.6 Å². The maximum atomic E-state index is 11.8. The molecule has 19 heavy (non-hydrogen) atoms. The fourth-order valence-corrected chi connectivity index (χ4v) is 2.71. The molecule has 104 valence electrons. The first-order valence-corrected chi connectivity index (χ1v) is 7.19. The van der Waals surface area contributed by atoms with E-state index < -0.39 is 0 Å². The highest BCUT2D eigenvalue weighted by Gasteiger charge is 2.22. The van der Waals surface area contributed by atoms with Crippen LogP contribution in [0.2, 0.25) is 10.0 Å². The number of carbonyl (C=O) groups excluding carboxylic acids is 1. The second-order valence-electron chi connectivity index (χ2n) is 5.06. The van der Waals surface area contributed by atoms with Crippen molar-refractivity contribution in [2.75, 3.05) is 6.54 Å². The Kier molecular flexibility index (Phi) is 5.08. The smallest absolute Gasteiger partial charge is 0.224 e. The Morgan fingerprint density at radius 3 is 2.74 bits per heavy atom. The van der Waals surface area contributed by atoms with Crippen LogP contribution in [0.15, 0.2) is 18.2 Å². The summed E-state index contributed by atoms with van der Waals surface area (Å²) in [6.07, 6.45) is 2.71. The fraction of sp³-hybridized carbons (Fsp3) is 0.500. The van der Waals surface area contributed by atoms with Gasteiger partial charge in [-0.05, 0) is 42.9 Å². The van der Waals surface area contributed by atoms with Crippen molar-refractivity contribution in [3.8, 4) is 0 Å². The number of hydrogen-bond donors (Lipinski definition) is 2. The number of halogens is 2. The molecule has 1 fully saturated rings.